The van der Waals surface area contributed by atoms with Gasteiger partial charge in [-0.25, -0.2) is 14.6 Å². The molecule has 288 valence electrons. The second-order valence-electron chi connectivity index (χ2n) is 12.2. The molecule has 1 aliphatic heterocycles. The predicted molar refractivity (Wildman–Crippen MR) is 189 cm³/mol. The number of aryl methyl sites for hydroxylation is 2. The summed E-state index contributed by atoms with van der Waals surface area (Å²) in [5.74, 6) is 3.54. The van der Waals surface area contributed by atoms with Gasteiger partial charge in [0.2, 0.25) is 5.34 Å². The number of fused-ring (bicyclic) bond motifs is 1. The number of ether oxygens (including phenoxy) is 7. The summed E-state index contributed by atoms with van der Waals surface area (Å²) in [6.07, 6.45) is 4.08. The van der Waals surface area contributed by atoms with Crippen molar-refractivity contribution in [3.63, 3.8) is 0 Å². The van der Waals surface area contributed by atoms with Crippen molar-refractivity contribution < 1.29 is 57.7 Å². The van der Waals surface area contributed by atoms with Crippen LogP contribution in [-0.4, -0.2) is 144 Å². The van der Waals surface area contributed by atoms with Gasteiger partial charge in [0.15, 0.2) is 11.9 Å². The van der Waals surface area contributed by atoms with Crippen LogP contribution in [0.15, 0.2) is 30.5 Å². The standard InChI is InChI=1S/C34H50N5O12P/c1-5-11-46-13-15-48-17-18-49-16-14-47-12-10-38(21-27-9-7-6-8-25(27)2)32-28-20-35-39(33(28)37-26(3)36-32)31-19-29(41)30(51-31)22-50-34(23-40,24-45-4)52(42,43)44/h1,6-9,20,29-31,40-41H,10-19,21-24H2,2-4H3,(H2,42,43,44)/t29-,30+,31+,34+/m0/s1. The largest absolute Gasteiger partial charge is 0.393 e. The molecule has 0 amide bonds. The minimum absolute atomic E-state index is 0.103. The van der Waals surface area contributed by atoms with E-state index in [9.17, 15) is 24.6 Å². The fourth-order valence-corrected chi connectivity index (χ4v) is 6.28. The minimum Gasteiger partial charge on any atom is -0.393 e. The zero-order valence-corrected chi connectivity index (χ0v) is 30.7. The Labute approximate surface area is 303 Å². The van der Waals surface area contributed by atoms with Crippen molar-refractivity contribution in [1.82, 2.24) is 19.7 Å². The highest BCUT2D eigenvalue weighted by Crippen LogP contribution is 2.51. The second-order valence-corrected chi connectivity index (χ2v) is 14.1. The highest BCUT2D eigenvalue weighted by molar-refractivity contribution is 7.53. The van der Waals surface area contributed by atoms with Gasteiger partial charge >= 0.3 is 7.60 Å². The van der Waals surface area contributed by atoms with E-state index in [2.05, 4.69) is 40.0 Å². The van der Waals surface area contributed by atoms with Crippen molar-refractivity contribution in [3.8, 4) is 12.3 Å². The first kappa shape index (κ1) is 41.7. The number of aliphatic hydroxyl groups excluding tert-OH is 2. The van der Waals surface area contributed by atoms with Crippen LogP contribution in [0.1, 0.15) is 29.6 Å². The van der Waals surface area contributed by atoms with E-state index in [0.717, 1.165) is 11.1 Å². The molecule has 1 aliphatic rings. The van der Waals surface area contributed by atoms with Crippen molar-refractivity contribution in [3.05, 3.63) is 47.4 Å². The summed E-state index contributed by atoms with van der Waals surface area (Å²) in [5, 5.41) is 23.6. The molecule has 18 heteroatoms. The molecule has 0 unspecified atom stereocenters. The lowest BCUT2D eigenvalue weighted by Gasteiger charge is -2.32. The van der Waals surface area contributed by atoms with Crippen LogP contribution >= 0.6 is 7.60 Å². The number of rotatable bonds is 24. The average molecular weight is 752 g/mol. The van der Waals surface area contributed by atoms with Crippen LogP contribution in [-0.2, 0) is 44.3 Å². The molecule has 4 N–H and O–H groups in total. The van der Waals surface area contributed by atoms with Crippen molar-refractivity contribution in [2.24, 2.45) is 0 Å². The Morgan fingerprint density at radius 1 is 1.06 bits per heavy atom. The molecule has 17 nitrogen and oxygen atoms in total. The van der Waals surface area contributed by atoms with Gasteiger partial charge in [0, 0.05) is 26.6 Å². The molecule has 0 spiro atoms. The molecule has 1 fully saturated rings. The van der Waals surface area contributed by atoms with E-state index in [1.54, 1.807) is 17.8 Å². The number of benzene rings is 1. The van der Waals surface area contributed by atoms with Gasteiger partial charge in [-0.05, 0) is 25.0 Å². The SMILES string of the molecule is C#CCOCCOCCOCCOCCN(Cc1ccccc1C)c1nc(C)nc2c1cnn2[C@H]1C[C@H](O)[C@@H](CO[C@@](CO)(COC)P(=O)(O)O)O1. The Hall–Kier alpha value is -3.08. The normalized spacial score (nSPS) is 18.8. The predicted octanol–water partition coefficient (Wildman–Crippen LogP) is 1.33. The van der Waals surface area contributed by atoms with E-state index in [1.165, 1.54) is 7.11 Å². The van der Waals surface area contributed by atoms with Gasteiger partial charge < -0.3 is 58.1 Å². The van der Waals surface area contributed by atoms with E-state index >= 15 is 0 Å². The lowest BCUT2D eigenvalue weighted by atomic mass is 10.1. The summed E-state index contributed by atoms with van der Waals surface area (Å²) in [6.45, 7) is 6.09. The molecular formula is C34H50N5O12P. The van der Waals surface area contributed by atoms with E-state index in [4.69, 9.17) is 44.6 Å². The smallest absolute Gasteiger partial charge is 0.361 e. The first-order valence-electron chi connectivity index (χ1n) is 16.9. The lowest BCUT2D eigenvalue weighted by molar-refractivity contribution is -0.125. The van der Waals surface area contributed by atoms with Crippen LogP contribution in [0.25, 0.3) is 11.0 Å². The summed E-state index contributed by atoms with van der Waals surface area (Å²) >= 11 is 0. The summed E-state index contributed by atoms with van der Waals surface area (Å²) in [7, 11) is -3.74. The van der Waals surface area contributed by atoms with Gasteiger partial charge in [-0.1, -0.05) is 30.2 Å². The Morgan fingerprint density at radius 3 is 2.37 bits per heavy atom. The first-order chi connectivity index (χ1) is 25.0. The Balaban J connectivity index is 1.43. The molecule has 3 heterocycles. The van der Waals surface area contributed by atoms with Crippen LogP contribution in [0.2, 0.25) is 0 Å². The Bertz CT molecular complexity index is 1630. The average Bonchev–Trinajstić information content (AvgIpc) is 3.70. The molecule has 4 rings (SSSR count). The number of terminal acetylenes is 1. The second kappa shape index (κ2) is 20.4. The van der Waals surface area contributed by atoms with Gasteiger partial charge in [0.25, 0.3) is 0 Å². The van der Waals surface area contributed by atoms with Gasteiger partial charge in [0.05, 0.1) is 83.8 Å². The molecule has 1 aromatic carbocycles. The summed E-state index contributed by atoms with van der Waals surface area (Å²) in [4.78, 5) is 31.3. The fourth-order valence-electron chi connectivity index (χ4n) is 5.56. The molecule has 0 bridgehead atoms. The topological polar surface area (TPSA) is 209 Å². The van der Waals surface area contributed by atoms with Gasteiger partial charge in [-0.15, -0.1) is 6.42 Å². The van der Waals surface area contributed by atoms with Gasteiger partial charge in [-0.2, -0.15) is 5.10 Å². The Kier molecular flexibility index (Phi) is 16.3. The number of anilines is 1. The maximum atomic E-state index is 12.2. The molecule has 3 aromatic rings. The number of methoxy groups -OCH3 is 1. The quantitative estimate of drug-likeness (QED) is 0.0578. The lowest BCUT2D eigenvalue weighted by Crippen LogP contribution is -2.44. The molecule has 52 heavy (non-hydrogen) atoms. The summed E-state index contributed by atoms with van der Waals surface area (Å²) in [5.41, 5.74) is 2.72. The van der Waals surface area contributed by atoms with E-state index in [0.29, 0.717) is 82.0 Å². The molecule has 0 aliphatic carbocycles. The number of aromatic nitrogens is 4. The first-order valence-corrected chi connectivity index (χ1v) is 18.5. The highest BCUT2D eigenvalue weighted by Gasteiger charge is 2.50. The van der Waals surface area contributed by atoms with Crippen LogP contribution in [0.3, 0.4) is 0 Å². The maximum Gasteiger partial charge on any atom is 0.361 e. The number of hydrogen-bond donors (Lipinski definition) is 4. The number of nitrogens with zero attached hydrogens (tertiary/aromatic N) is 5. The van der Waals surface area contributed by atoms with Crippen molar-refractivity contribution in [2.45, 2.75) is 50.6 Å². The van der Waals surface area contributed by atoms with Crippen molar-refractivity contribution >= 4 is 24.4 Å². The maximum absolute atomic E-state index is 12.2. The third-order valence-electron chi connectivity index (χ3n) is 8.42. The number of aliphatic hydroxyl groups is 2. The highest BCUT2D eigenvalue weighted by atomic mass is 31.2. The van der Waals surface area contributed by atoms with Crippen LogP contribution in [0, 0.1) is 26.2 Å². The molecule has 0 saturated carbocycles. The van der Waals surface area contributed by atoms with Crippen molar-refractivity contribution in [1.29, 1.82) is 0 Å². The van der Waals surface area contributed by atoms with Crippen LogP contribution in [0.4, 0.5) is 5.82 Å². The zero-order chi connectivity index (χ0) is 37.6. The summed E-state index contributed by atoms with van der Waals surface area (Å²) < 4.78 is 52.4. The van der Waals surface area contributed by atoms with E-state index in [1.807, 2.05) is 12.1 Å². The molecule has 2 aromatic heterocycles. The molecular weight excluding hydrogens is 701 g/mol. The zero-order valence-electron chi connectivity index (χ0n) is 29.8. The molecule has 4 atom stereocenters. The molecule has 0 radical (unpaired) electrons. The van der Waals surface area contributed by atoms with E-state index in [-0.39, 0.29) is 13.0 Å². The third kappa shape index (κ3) is 11.2. The third-order valence-corrected chi connectivity index (χ3v) is 9.88. The van der Waals surface area contributed by atoms with Crippen LogP contribution in [0.5, 0.6) is 0 Å². The monoisotopic (exact) mass is 751 g/mol. The van der Waals surface area contributed by atoms with E-state index < -0.39 is 51.2 Å². The number of hydrogen-bond acceptors (Lipinski definition) is 14. The molecule has 1 saturated heterocycles. The van der Waals surface area contributed by atoms with Gasteiger partial charge in [-0.3, -0.25) is 4.57 Å². The fraction of sp³-hybridized carbons (Fsp3) is 0.618. The van der Waals surface area contributed by atoms with Crippen LogP contribution < -0.4 is 4.90 Å². The minimum atomic E-state index is -4.97. The van der Waals surface area contributed by atoms with Crippen molar-refractivity contribution in [2.75, 3.05) is 91.2 Å². The summed E-state index contributed by atoms with van der Waals surface area (Å²) in [6, 6.07) is 8.10. The Morgan fingerprint density at radius 2 is 1.73 bits per heavy atom. The van der Waals surface area contributed by atoms with Gasteiger partial charge in [0.1, 0.15) is 24.4 Å².